The number of halogens is 4. The lowest BCUT2D eigenvalue weighted by Gasteiger charge is -2.32. The third kappa shape index (κ3) is 5.76. The summed E-state index contributed by atoms with van der Waals surface area (Å²) >= 11 is 0. The molecule has 0 radical (unpaired) electrons. The van der Waals surface area contributed by atoms with Gasteiger partial charge in [-0.1, -0.05) is 6.07 Å². The van der Waals surface area contributed by atoms with Crippen LogP contribution in [0, 0.1) is 0 Å². The van der Waals surface area contributed by atoms with Crippen molar-refractivity contribution < 1.29 is 31.9 Å². The SMILES string of the molecule is NC(=O)c1c(-c2ccc(Oc3cccc(C(F)(F)F)n3)cc2)nn([C@@H]2CCCN(C(=O)/C=C/CF)C2)c1N. The number of anilines is 1. The lowest BCUT2D eigenvalue weighted by atomic mass is 10.1. The summed E-state index contributed by atoms with van der Waals surface area (Å²) in [5, 5.41) is 4.53. The van der Waals surface area contributed by atoms with E-state index in [9.17, 15) is 27.2 Å². The van der Waals surface area contributed by atoms with Crippen LogP contribution in [0.3, 0.4) is 0 Å². The predicted octanol–water partition coefficient (Wildman–Crippen LogP) is 4.13. The molecule has 1 aromatic carbocycles. The Morgan fingerprint density at radius 1 is 1.16 bits per heavy atom. The zero-order valence-electron chi connectivity index (χ0n) is 20.0. The van der Waals surface area contributed by atoms with Gasteiger partial charge in [0.1, 0.15) is 35.2 Å². The first kappa shape index (κ1) is 26.6. The summed E-state index contributed by atoms with van der Waals surface area (Å²) in [4.78, 5) is 29.6. The van der Waals surface area contributed by atoms with Gasteiger partial charge in [0.05, 0.1) is 6.04 Å². The fourth-order valence-electron chi connectivity index (χ4n) is 4.21. The number of benzene rings is 1. The van der Waals surface area contributed by atoms with Crippen molar-refractivity contribution in [2.24, 2.45) is 5.73 Å². The minimum absolute atomic E-state index is 0.000937. The molecule has 38 heavy (non-hydrogen) atoms. The number of nitrogen functional groups attached to an aromatic ring is 1. The van der Waals surface area contributed by atoms with Crippen molar-refractivity contribution in [2.45, 2.75) is 25.1 Å². The van der Waals surface area contributed by atoms with Gasteiger partial charge in [-0.2, -0.15) is 18.3 Å². The van der Waals surface area contributed by atoms with E-state index < -0.39 is 24.5 Å². The van der Waals surface area contributed by atoms with E-state index in [1.807, 2.05) is 0 Å². The summed E-state index contributed by atoms with van der Waals surface area (Å²) < 4.78 is 58.1. The number of amides is 2. The maximum atomic E-state index is 12.9. The van der Waals surface area contributed by atoms with E-state index >= 15 is 0 Å². The first-order valence-electron chi connectivity index (χ1n) is 11.6. The lowest BCUT2D eigenvalue weighted by Crippen LogP contribution is -2.40. The number of alkyl halides is 4. The van der Waals surface area contributed by atoms with E-state index in [0.29, 0.717) is 24.9 Å². The van der Waals surface area contributed by atoms with Crippen molar-refractivity contribution >= 4 is 17.6 Å². The minimum atomic E-state index is -4.61. The standard InChI is InChI=1S/C25H24F4N6O3/c26-12-2-7-20(36)34-13-3-4-16(14-34)35-23(30)21(24(31)37)22(33-35)15-8-10-17(11-9-15)38-19-6-1-5-18(32-19)25(27,28)29/h1-2,5-11,16H,3-4,12-14,30H2,(H2,31,37)/b7-2+/t16-/m1/s1. The second-order valence-corrected chi connectivity index (χ2v) is 8.54. The van der Waals surface area contributed by atoms with Crippen LogP contribution in [-0.4, -0.2) is 51.2 Å². The largest absolute Gasteiger partial charge is 0.439 e. The Hall–Kier alpha value is -4.42. The number of likely N-dealkylation sites (tertiary alicyclic amines) is 1. The number of ether oxygens (including phenoxy) is 1. The van der Waals surface area contributed by atoms with Gasteiger partial charge in [-0.25, -0.2) is 14.1 Å². The van der Waals surface area contributed by atoms with Gasteiger partial charge in [0.2, 0.25) is 11.8 Å². The highest BCUT2D eigenvalue weighted by atomic mass is 19.4. The highest BCUT2D eigenvalue weighted by Gasteiger charge is 2.33. The Morgan fingerprint density at radius 2 is 1.89 bits per heavy atom. The summed E-state index contributed by atoms with van der Waals surface area (Å²) in [5.41, 5.74) is 11.5. The van der Waals surface area contributed by atoms with E-state index in [2.05, 4.69) is 10.1 Å². The van der Waals surface area contributed by atoms with Crippen molar-refractivity contribution in [3.63, 3.8) is 0 Å². The van der Waals surface area contributed by atoms with Gasteiger partial charge in [0.25, 0.3) is 5.91 Å². The van der Waals surface area contributed by atoms with Gasteiger partial charge in [-0.15, -0.1) is 0 Å². The zero-order chi connectivity index (χ0) is 27.4. The summed E-state index contributed by atoms with van der Waals surface area (Å²) in [6.45, 7) is 0.00133. The Kier molecular flexibility index (Phi) is 7.65. The number of nitrogens with two attached hydrogens (primary N) is 2. The molecule has 0 unspecified atom stereocenters. The van der Waals surface area contributed by atoms with Crippen molar-refractivity contribution in [3.05, 3.63) is 65.9 Å². The fraction of sp³-hybridized carbons (Fsp3) is 0.280. The van der Waals surface area contributed by atoms with E-state index in [1.54, 1.807) is 17.0 Å². The molecule has 0 bridgehead atoms. The number of pyridine rings is 1. The molecule has 0 spiro atoms. The smallest absolute Gasteiger partial charge is 0.433 e. The van der Waals surface area contributed by atoms with Crippen LogP contribution in [0.5, 0.6) is 11.6 Å². The van der Waals surface area contributed by atoms with Gasteiger partial charge < -0.3 is 21.1 Å². The number of allylic oxidation sites excluding steroid dienone is 1. The minimum Gasteiger partial charge on any atom is -0.439 e. The van der Waals surface area contributed by atoms with Crippen LogP contribution in [0.25, 0.3) is 11.3 Å². The molecule has 0 saturated carbocycles. The van der Waals surface area contributed by atoms with E-state index in [4.69, 9.17) is 16.2 Å². The molecule has 200 valence electrons. The Balaban J connectivity index is 1.58. The van der Waals surface area contributed by atoms with Crippen molar-refractivity contribution in [1.82, 2.24) is 19.7 Å². The Labute approximate surface area is 214 Å². The molecule has 1 atom stereocenters. The zero-order valence-corrected chi connectivity index (χ0v) is 20.0. The van der Waals surface area contributed by atoms with Crippen LogP contribution < -0.4 is 16.2 Å². The molecule has 1 fully saturated rings. The normalized spacial score (nSPS) is 16.1. The first-order chi connectivity index (χ1) is 18.1. The maximum absolute atomic E-state index is 12.9. The van der Waals surface area contributed by atoms with Gasteiger partial charge in [0, 0.05) is 30.8 Å². The average Bonchev–Trinajstić information content (AvgIpc) is 3.24. The van der Waals surface area contributed by atoms with Gasteiger partial charge in [-0.3, -0.25) is 9.59 Å². The van der Waals surface area contributed by atoms with E-state index in [0.717, 1.165) is 12.1 Å². The van der Waals surface area contributed by atoms with Gasteiger partial charge in [0.15, 0.2) is 0 Å². The topological polar surface area (TPSA) is 129 Å². The molecule has 3 heterocycles. The van der Waals surface area contributed by atoms with Crippen LogP contribution >= 0.6 is 0 Å². The molecular formula is C25H24F4N6O3. The van der Waals surface area contributed by atoms with Gasteiger partial charge >= 0.3 is 6.18 Å². The van der Waals surface area contributed by atoms with Crippen molar-refractivity contribution in [1.29, 1.82) is 0 Å². The molecule has 2 aromatic heterocycles. The van der Waals surface area contributed by atoms with Crippen molar-refractivity contribution in [3.8, 4) is 22.9 Å². The molecular weight excluding hydrogens is 508 g/mol. The first-order valence-corrected chi connectivity index (χ1v) is 11.6. The van der Waals surface area contributed by atoms with Crippen LogP contribution in [-0.2, 0) is 11.0 Å². The summed E-state index contributed by atoms with van der Waals surface area (Å²) in [7, 11) is 0. The molecule has 2 amide bonds. The number of carbonyl (C=O) groups excluding carboxylic acids is 2. The molecule has 4 rings (SSSR count). The number of primary amides is 1. The van der Waals surface area contributed by atoms with Crippen LogP contribution in [0.4, 0.5) is 23.4 Å². The number of rotatable bonds is 7. The number of hydrogen-bond acceptors (Lipinski definition) is 6. The molecule has 3 aromatic rings. The molecule has 0 aliphatic carbocycles. The van der Waals surface area contributed by atoms with Crippen molar-refractivity contribution in [2.75, 3.05) is 25.5 Å². The number of hydrogen-bond donors (Lipinski definition) is 2. The molecule has 13 heteroatoms. The van der Waals surface area contributed by atoms with Gasteiger partial charge in [-0.05, 0) is 49.2 Å². The molecule has 1 aliphatic heterocycles. The number of carbonyl (C=O) groups is 2. The average molecular weight is 532 g/mol. The molecule has 1 aliphatic rings. The second kappa shape index (κ2) is 10.9. The maximum Gasteiger partial charge on any atom is 0.433 e. The van der Waals surface area contributed by atoms with Crippen LogP contribution in [0.1, 0.15) is 34.9 Å². The Bertz CT molecular complexity index is 1350. The number of piperidine rings is 1. The highest BCUT2D eigenvalue weighted by Crippen LogP contribution is 2.34. The third-order valence-corrected chi connectivity index (χ3v) is 5.96. The molecule has 9 nitrogen and oxygen atoms in total. The summed E-state index contributed by atoms with van der Waals surface area (Å²) in [6, 6.07) is 9.05. The fourth-order valence-corrected chi connectivity index (χ4v) is 4.21. The third-order valence-electron chi connectivity index (χ3n) is 5.96. The van der Waals surface area contributed by atoms with Crippen LogP contribution in [0.15, 0.2) is 54.6 Å². The Morgan fingerprint density at radius 3 is 2.55 bits per heavy atom. The van der Waals surface area contributed by atoms with Crippen LogP contribution in [0.2, 0.25) is 0 Å². The highest BCUT2D eigenvalue weighted by molar-refractivity contribution is 6.03. The lowest BCUT2D eigenvalue weighted by molar-refractivity contribution is -0.141. The summed E-state index contributed by atoms with van der Waals surface area (Å²) in [6.07, 6.45) is -1.02. The summed E-state index contributed by atoms with van der Waals surface area (Å²) in [5.74, 6) is -1.13. The second-order valence-electron chi connectivity index (χ2n) is 8.54. The quantitative estimate of drug-likeness (QED) is 0.348. The number of aromatic nitrogens is 3. The monoisotopic (exact) mass is 532 g/mol. The number of nitrogens with zero attached hydrogens (tertiary/aromatic N) is 4. The van der Waals surface area contributed by atoms with E-state index in [1.165, 1.54) is 35.0 Å². The van der Waals surface area contributed by atoms with E-state index in [-0.39, 0.29) is 47.2 Å². The molecule has 4 N–H and O–H groups in total. The predicted molar refractivity (Wildman–Crippen MR) is 130 cm³/mol. The molecule has 1 saturated heterocycles.